The second-order valence-electron chi connectivity index (χ2n) is 17.9. The fourth-order valence-corrected chi connectivity index (χ4v) is 8.02. The van der Waals surface area contributed by atoms with Gasteiger partial charge >= 0.3 is 0 Å². The molecule has 0 spiro atoms. The van der Waals surface area contributed by atoms with Gasteiger partial charge in [-0.3, -0.25) is 4.79 Å². The van der Waals surface area contributed by atoms with Crippen LogP contribution in [-0.2, 0) is 14.3 Å². The number of ether oxygens (including phenoxy) is 2. The number of aliphatic hydroxyl groups excluding tert-OH is 7. The van der Waals surface area contributed by atoms with Gasteiger partial charge in [0.2, 0.25) is 5.91 Å². The van der Waals surface area contributed by atoms with E-state index in [0.717, 1.165) is 51.4 Å². The number of carbonyl (C=O) groups is 1. The van der Waals surface area contributed by atoms with Crippen LogP contribution in [0.2, 0.25) is 0 Å². The molecule has 61 heavy (non-hydrogen) atoms. The van der Waals surface area contributed by atoms with Gasteiger partial charge in [-0.25, -0.2) is 0 Å². The van der Waals surface area contributed by atoms with E-state index in [1.54, 1.807) is 0 Å². The van der Waals surface area contributed by atoms with Crippen molar-refractivity contribution in [3.63, 3.8) is 0 Å². The average Bonchev–Trinajstić information content (AvgIpc) is 3.26. The maximum absolute atomic E-state index is 13.1. The van der Waals surface area contributed by atoms with Crippen molar-refractivity contribution in [3.8, 4) is 0 Å². The van der Waals surface area contributed by atoms with Gasteiger partial charge in [0.05, 0.1) is 25.4 Å². The summed E-state index contributed by atoms with van der Waals surface area (Å²) in [5.74, 6) is -0.714. The molecule has 1 aliphatic rings. The lowest BCUT2D eigenvalue weighted by molar-refractivity contribution is -0.303. The van der Waals surface area contributed by atoms with Crippen LogP contribution in [0.5, 0.6) is 0 Å². The Morgan fingerprint density at radius 3 is 1.41 bits per heavy atom. The Morgan fingerprint density at radius 2 is 0.967 bits per heavy atom. The average molecular weight is 870 g/mol. The van der Waals surface area contributed by atoms with Crippen LogP contribution in [0.15, 0.2) is 24.3 Å². The normalized spacial score (nSPS) is 21.6. The van der Waals surface area contributed by atoms with E-state index in [2.05, 4.69) is 43.5 Å². The quantitative estimate of drug-likeness (QED) is 0.0217. The van der Waals surface area contributed by atoms with Crippen molar-refractivity contribution in [1.82, 2.24) is 5.32 Å². The number of carbonyl (C=O) groups excluding carboxylic acids is 1. The Hall–Kier alpha value is -1.41. The molecule has 1 saturated heterocycles. The first-order valence-electron chi connectivity index (χ1n) is 25.2. The second kappa shape index (κ2) is 40.1. The maximum Gasteiger partial charge on any atom is 0.249 e. The molecule has 360 valence electrons. The van der Waals surface area contributed by atoms with Crippen molar-refractivity contribution in [2.45, 2.75) is 274 Å². The van der Waals surface area contributed by atoms with E-state index in [9.17, 15) is 40.5 Å². The molecule has 1 amide bonds. The van der Waals surface area contributed by atoms with Crippen LogP contribution in [0.3, 0.4) is 0 Å². The molecular formula is C50H95NO10. The van der Waals surface area contributed by atoms with Gasteiger partial charge in [-0.1, -0.05) is 179 Å². The Morgan fingerprint density at radius 1 is 0.557 bits per heavy atom. The van der Waals surface area contributed by atoms with Gasteiger partial charge in [-0.15, -0.1) is 0 Å². The number of hydrogen-bond donors (Lipinski definition) is 8. The Labute approximate surface area is 372 Å². The molecule has 1 heterocycles. The summed E-state index contributed by atoms with van der Waals surface area (Å²) in [5, 5.41) is 75.8. The topological polar surface area (TPSA) is 189 Å². The summed E-state index contributed by atoms with van der Waals surface area (Å²) in [4.78, 5) is 13.1. The van der Waals surface area contributed by atoms with Gasteiger partial charge in [0.1, 0.15) is 36.6 Å². The molecule has 0 bridgehead atoms. The highest BCUT2D eigenvalue weighted by atomic mass is 16.7. The number of aliphatic hydroxyl groups is 7. The highest BCUT2D eigenvalue weighted by Crippen LogP contribution is 2.23. The SMILES string of the molecule is CCCCCCCCCCC/C=C\CCCCCCC(O)C(=O)NC(COC1OC(CO)C(O)C(O)C1O)C(O)C(O)CCC/C=C/CCCCCCCCCCCCCC. The van der Waals surface area contributed by atoms with Crippen LogP contribution < -0.4 is 5.32 Å². The summed E-state index contributed by atoms with van der Waals surface area (Å²) >= 11 is 0. The minimum atomic E-state index is -1.67. The van der Waals surface area contributed by atoms with Crippen LogP contribution in [0, 0.1) is 0 Å². The molecule has 1 fully saturated rings. The molecule has 0 radical (unpaired) electrons. The number of hydrogen-bond acceptors (Lipinski definition) is 10. The van der Waals surface area contributed by atoms with Crippen LogP contribution >= 0.6 is 0 Å². The number of amides is 1. The number of allylic oxidation sites excluding steroid dienone is 4. The van der Waals surface area contributed by atoms with Gasteiger partial charge in [-0.05, 0) is 64.2 Å². The van der Waals surface area contributed by atoms with Crippen molar-refractivity contribution >= 4 is 5.91 Å². The first kappa shape index (κ1) is 57.6. The second-order valence-corrected chi connectivity index (χ2v) is 17.9. The zero-order valence-corrected chi connectivity index (χ0v) is 38.9. The molecular weight excluding hydrogens is 775 g/mol. The fourth-order valence-electron chi connectivity index (χ4n) is 8.02. The molecule has 0 aromatic carbocycles. The molecule has 0 aromatic rings. The monoisotopic (exact) mass is 870 g/mol. The van der Waals surface area contributed by atoms with E-state index >= 15 is 0 Å². The standard InChI is InChI=1S/C50H95NO10/c1-3-5-7-9-11-13-15-17-19-21-23-25-27-29-31-33-35-37-42(53)45(55)41(40-60-50-48(58)47(57)46(56)44(39-52)61-50)51-49(59)43(54)38-36-34-32-30-28-26-24-22-20-18-16-14-12-10-8-6-4-2/h24,26,29,31,41-48,50,52-58H,3-23,25,27-28,30,32-40H2,1-2H3,(H,51,59)/b26-24-,31-29+. The van der Waals surface area contributed by atoms with E-state index < -0.39 is 74.2 Å². The summed E-state index contributed by atoms with van der Waals surface area (Å²) in [6.07, 6.45) is 33.7. The maximum atomic E-state index is 13.1. The first-order chi connectivity index (χ1) is 29.7. The lowest BCUT2D eigenvalue weighted by Gasteiger charge is -2.40. The third-order valence-corrected chi connectivity index (χ3v) is 12.2. The zero-order chi connectivity index (χ0) is 44.8. The number of unbranched alkanes of at least 4 members (excludes halogenated alkanes) is 26. The molecule has 8 N–H and O–H groups in total. The lowest BCUT2D eigenvalue weighted by Crippen LogP contribution is -2.60. The Bertz CT molecular complexity index is 1040. The smallest absolute Gasteiger partial charge is 0.249 e. The van der Waals surface area contributed by atoms with Gasteiger partial charge in [0, 0.05) is 0 Å². The summed E-state index contributed by atoms with van der Waals surface area (Å²) in [7, 11) is 0. The summed E-state index contributed by atoms with van der Waals surface area (Å²) < 4.78 is 11.1. The Kier molecular flexibility index (Phi) is 37.9. The van der Waals surface area contributed by atoms with E-state index in [0.29, 0.717) is 12.8 Å². The van der Waals surface area contributed by atoms with Crippen LogP contribution in [-0.4, -0.2) is 110 Å². The van der Waals surface area contributed by atoms with E-state index in [1.807, 2.05) is 0 Å². The minimum absolute atomic E-state index is 0.241. The molecule has 1 aliphatic heterocycles. The van der Waals surface area contributed by atoms with Crippen LogP contribution in [0.1, 0.15) is 219 Å². The minimum Gasteiger partial charge on any atom is -0.394 e. The number of rotatable bonds is 42. The van der Waals surface area contributed by atoms with Gasteiger partial charge in [0.15, 0.2) is 6.29 Å². The molecule has 0 aliphatic carbocycles. The number of nitrogens with one attached hydrogen (secondary N) is 1. The molecule has 0 aromatic heterocycles. The lowest BCUT2D eigenvalue weighted by atomic mass is 9.98. The molecule has 9 atom stereocenters. The van der Waals surface area contributed by atoms with E-state index in [-0.39, 0.29) is 12.8 Å². The predicted octanol–water partition coefficient (Wildman–Crippen LogP) is 9.01. The summed E-state index contributed by atoms with van der Waals surface area (Å²) in [5.41, 5.74) is 0. The summed E-state index contributed by atoms with van der Waals surface area (Å²) in [6, 6.07) is -1.19. The molecule has 11 nitrogen and oxygen atoms in total. The van der Waals surface area contributed by atoms with Gasteiger partial charge in [-0.2, -0.15) is 0 Å². The van der Waals surface area contributed by atoms with Gasteiger partial charge < -0.3 is 50.5 Å². The molecule has 9 unspecified atom stereocenters. The highest BCUT2D eigenvalue weighted by Gasteiger charge is 2.44. The van der Waals surface area contributed by atoms with Gasteiger partial charge in [0.25, 0.3) is 0 Å². The van der Waals surface area contributed by atoms with Crippen molar-refractivity contribution in [2.75, 3.05) is 13.2 Å². The molecule has 11 heteroatoms. The molecule has 1 rings (SSSR count). The van der Waals surface area contributed by atoms with E-state index in [4.69, 9.17) is 9.47 Å². The van der Waals surface area contributed by atoms with Crippen molar-refractivity contribution in [3.05, 3.63) is 24.3 Å². The van der Waals surface area contributed by atoms with E-state index in [1.165, 1.54) is 128 Å². The molecule has 0 saturated carbocycles. The largest absolute Gasteiger partial charge is 0.394 e. The zero-order valence-electron chi connectivity index (χ0n) is 38.9. The highest BCUT2D eigenvalue weighted by molar-refractivity contribution is 5.80. The Balaban J connectivity index is 2.44. The van der Waals surface area contributed by atoms with Crippen molar-refractivity contribution in [1.29, 1.82) is 0 Å². The van der Waals surface area contributed by atoms with Crippen molar-refractivity contribution in [2.24, 2.45) is 0 Å². The predicted molar refractivity (Wildman–Crippen MR) is 247 cm³/mol. The summed E-state index contributed by atoms with van der Waals surface area (Å²) in [6.45, 7) is 3.43. The third-order valence-electron chi connectivity index (χ3n) is 12.2. The van der Waals surface area contributed by atoms with Crippen LogP contribution in [0.4, 0.5) is 0 Å². The third kappa shape index (κ3) is 29.6. The van der Waals surface area contributed by atoms with Crippen LogP contribution in [0.25, 0.3) is 0 Å². The van der Waals surface area contributed by atoms with Crippen molar-refractivity contribution < 1.29 is 50.0 Å². The fraction of sp³-hybridized carbons (Fsp3) is 0.900. The first-order valence-corrected chi connectivity index (χ1v) is 25.2.